The SMILES string of the molecule is Cc1cc(Br)cc2c3nc4ccccc4nc3n(Cc3nnc(-c4ccccc4Cl)o3)c12. The van der Waals surface area contributed by atoms with Crippen molar-refractivity contribution in [2.75, 3.05) is 0 Å². The van der Waals surface area contributed by atoms with Gasteiger partial charge in [-0.05, 0) is 48.9 Å². The van der Waals surface area contributed by atoms with Crippen LogP contribution in [0.15, 0.2) is 69.6 Å². The first-order valence-electron chi connectivity index (χ1n) is 10.0. The van der Waals surface area contributed by atoms with E-state index in [1.807, 2.05) is 42.5 Å². The molecule has 0 aliphatic carbocycles. The molecular weight excluding hydrogens is 490 g/mol. The molecule has 32 heavy (non-hydrogen) atoms. The van der Waals surface area contributed by atoms with E-state index in [9.17, 15) is 0 Å². The van der Waals surface area contributed by atoms with Crippen molar-refractivity contribution in [1.29, 1.82) is 0 Å². The van der Waals surface area contributed by atoms with Crippen molar-refractivity contribution in [3.05, 3.63) is 81.6 Å². The van der Waals surface area contributed by atoms with Crippen LogP contribution in [0.5, 0.6) is 0 Å². The Bertz CT molecular complexity index is 1660. The molecule has 8 heteroatoms. The summed E-state index contributed by atoms with van der Waals surface area (Å²) < 4.78 is 9.08. The Hall–Kier alpha value is -3.29. The number of hydrogen-bond donors (Lipinski definition) is 0. The highest BCUT2D eigenvalue weighted by molar-refractivity contribution is 9.10. The third-order valence-corrected chi connectivity index (χ3v) is 6.25. The summed E-state index contributed by atoms with van der Waals surface area (Å²) in [7, 11) is 0. The number of halogens is 2. The minimum atomic E-state index is 0.368. The molecule has 156 valence electrons. The normalized spacial score (nSPS) is 11.7. The van der Waals surface area contributed by atoms with Crippen molar-refractivity contribution >= 4 is 60.6 Å². The van der Waals surface area contributed by atoms with Crippen molar-refractivity contribution in [3.8, 4) is 11.5 Å². The van der Waals surface area contributed by atoms with Crippen molar-refractivity contribution in [2.45, 2.75) is 13.5 Å². The highest BCUT2D eigenvalue weighted by atomic mass is 79.9. The van der Waals surface area contributed by atoms with E-state index in [1.165, 1.54) is 0 Å². The zero-order valence-corrected chi connectivity index (χ0v) is 19.2. The Balaban J connectivity index is 1.57. The van der Waals surface area contributed by atoms with Gasteiger partial charge in [0.05, 0.1) is 27.1 Å². The van der Waals surface area contributed by atoms with Gasteiger partial charge in [-0.1, -0.05) is 51.8 Å². The molecule has 0 aliphatic heterocycles. The number of aryl methyl sites for hydroxylation is 1. The molecular formula is C24H15BrClN5O. The Morgan fingerprint density at radius 3 is 2.53 bits per heavy atom. The lowest BCUT2D eigenvalue weighted by atomic mass is 10.1. The largest absolute Gasteiger partial charge is 0.419 e. The molecule has 0 saturated carbocycles. The second-order valence-corrected chi connectivity index (χ2v) is 8.89. The zero-order chi connectivity index (χ0) is 21.8. The molecule has 0 atom stereocenters. The molecule has 3 heterocycles. The lowest BCUT2D eigenvalue weighted by Crippen LogP contribution is -2.02. The third-order valence-electron chi connectivity index (χ3n) is 5.46. The van der Waals surface area contributed by atoms with Gasteiger partial charge < -0.3 is 8.98 Å². The summed E-state index contributed by atoms with van der Waals surface area (Å²) in [6.07, 6.45) is 0. The Morgan fingerprint density at radius 1 is 0.969 bits per heavy atom. The molecule has 0 amide bonds. The number of benzene rings is 3. The van der Waals surface area contributed by atoms with Crippen molar-refractivity contribution in [3.63, 3.8) is 0 Å². The summed E-state index contributed by atoms with van der Waals surface area (Å²) in [4.78, 5) is 9.86. The topological polar surface area (TPSA) is 69.6 Å². The quantitative estimate of drug-likeness (QED) is 0.273. The van der Waals surface area contributed by atoms with Gasteiger partial charge in [0.1, 0.15) is 12.1 Å². The molecule has 6 nitrogen and oxygen atoms in total. The lowest BCUT2D eigenvalue weighted by molar-refractivity contribution is 0.494. The maximum absolute atomic E-state index is 6.30. The smallest absolute Gasteiger partial charge is 0.249 e. The van der Waals surface area contributed by atoms with Gasteiger partial charge in [0.2, 0.25) is 11.8 Å². The van der Waals surface area contributed by atoms with Gasteiger partial charge in [0.15, 0.2) is 5.65 Å². The summed E-state index contributed by atoms with van der Waals surface area (Å²) in [5.41, 5.74) is 6.16. The summed E-state index contributed by atoms with van der Waals surface area (Å²) in [5, 5.41) is 10.1. The molecule has 6 rings (SSSR count). The second-order valence-electron chi connectivity index (χ2n) is 7.57. The van der Waals surface area contributed by atoms with Crippen LogP contribution in [0.3, 0.4) is 0 Å². The van der Waals surface area contributed by atoms with Gasteiger partial charge >= 0.3 is 0 Å². The maximum Gasteiger partial charge on any atom is 0.249 e. The zero-order valence-electron chi connectivity index (χ0n) is 16.9. The standard InChI is InChI=1S/C24H15BrClN5O/c1-13-10-14(25)11-16-21-23(28-19-9-5-4-8-18(19)27-21)31(22(13)16)12-20-29-30-24(32-20)15-6-2-3-7-17(15)26/h2-11H,12H2,1H3. The fourth-order valence-electron chi connectivity index (χ4n) is 4.09. The number of rotatable bonds is 3. The van der Waals surface area contributed by atoms with Gasteiger partial charge in [-0.3, -0.25) is 0 Å². The molecule has 0 bridgehead atoms. The van der Waals surface area contributed by atoms with Crippen LogP contribution in [-0.2, 0) is 6.54 Å². The average Bonchev–Trinajstić information content (AvgIpc) is 3.36. The monoisotopic (exact) mass is 503 g/mol. The molecule has 0 N–H and O–H groups in total. The van der Waals surface area contributed by atoms with Crippen LogP contribution in [0.4, 0.5) is 0 Å². The van der Waals surface area contributed by atoms with Gasteiger partial charge in [0.25, 0.3) is 0 Å². The van der Waals surface area contributed by atoms with E-state index in [0.717, 1.165) is 43.1 Å². The number of nitrogens with zero attached hydrogens (tertiary/aromatic N) is 5. The Morgan fingerprint density at radius 2 is 1.72 bits per heavy atom. The molecule has 0 spiro atoms. The maximum atomic E-state index is 6.30. The molecule has 3 aromatic heterocycles. The molecule has 0 saturated heterocycles. The first-order chi connectivity index (χ1) is 15.6. The summed E-state index contributed by atoms with van der Waals surface area (Å²) in [5.74, 6) is 0.860. The second kappa shape index (κ2) is 7.39. The van der Waals surface area contributed by atoms with Gasteiger partial charge in [-0.25, -0.2) is 9.97 Å². The highest BCUT2D eigenvalue weighted by Crippen LogP contribution is 2.34. The van der Waals surface area contributed by atoms with Crippen LogP contribution in [0.2, 0.25) is 5.02 Å². The van der Waals surface area contributed by atoms with E-state index >= 15 is 0 Å². The molecule has 6 aromatic rings. The molecule has 3 aromatic carbocycles. The van der Waals surface area contributed by atoms with Crippen molar-refractivity contribution in [1.82, 2.24) is 24.7 Å². The predicted octanol–water partition coefficient (Wildman–Crippen LogP) is 6.56. The van der Waals surface area contributed by atoms with Gasteiger partial charge in [0, 0.05) is 9.86 Å². The number of fused-ring (bicyclic) bond motifs is 4. The van der Waals surface area contributed by atoms with Crippen molar-refractivity contribution in [2.24, 2.45) is 0 Å². The van der Waals surface area contributed by atoms with E-state index in [2.05, 4.69) is 49.8 Å². The minimum absolute atomic E-state index is 0.368. The summed E-state index contributed by atoms with van der Waals surface area (Å²) in [6.45, 7) is 2.44. The van der Waals surface area contributed by atoms with Gasteiger partial charge in [-0.2, -0.15) is 0 Å². The third kappa shape index (κ3) is 3.08. The van der Waals surface area contributed by atoms with Crippen LogP contribution in [-0.4, -0.2) is 24.7 Å². The van der Waals surface area contributed by atoms with E-state index in [0.29, 0.717) is 28.9 Å². The van der Waals surface area contributed by atoms with E-state index in [4.69, 9.17) is 26.0 Å². The van der Waals surface area contributed by atoms with Crippen molar-refractivity contribution < 1.29 is 4.42 Å². The van der Waals surface area contributed by atoms with Crippen LogP contribution < -0.4 is 0 Å². The fraction of sp³-hybridized carbons (Fsp3) is 0.0833. The molecule has 0 radical (unpaired) electrons. The molecule has 0 aliphatic rings. The fourth-order valence-corrected chi connectivity index (χ4v) is 4.88. The Kier molecular flexibility index (Phi) is 4.48. The van der Waals surface area contributed by atoms with Gasteiger partial charge in [-0.15, -0.1) is 10.2 Å². The van der Waals surface area contributed by atoms with Crippen LogP contribution >= 0.6 is 27.5 Å². The minimum Gasteiger partial charge on any atom is -0.419 e. The molecule has 0 unspecified atom stereocenters. The average molecular weight is 505 g/mol. The van der Waals surface area contributed by atoms with E-state index in [1.54, 1.807) is 6.07 Å². The Labute approximate surface area is 196 Å². The highest BCUT2D eigenvalue weighted by Gasteiger charge is 2.19. The summed E-state index contributed by atoms with van der Waals surface area (Å²) >= 11 is 9.92. The van der Waals surface area contributed by atoms with E-state index in [-0.39, 0.29) is 0 Å². The van der Waals surface area contributed by atoms with Crippen LogP contribution in [0, 0.1) is 6.92 Å². The first-order valence-corrected chi connectivity index (χ1v) is 11.2. The number of aromatic nitrogens is 5. The van der Waals surface area contributed by atoms with Crippen LogP contribution in [0.1, 0.15) is 11.5 Å². The first kappa shape index (κ1) is 19.4. The lowest BCUT2D eigenvalue weighted by Gasteiger charge is -2.06. The number of hydrogen-bond acceptors (Lipinski definition) is 5. The van der Waals surface area contributed by atoms with Crippen LogP contribution in [0.25, 0.3) is 44.6 Å². The predicted molar refractivity (Wildman–Crippen MR) is 129 cm³/mol. The number of para-hydroxylation sites is 2. The van der Waals surface area contributed by atoms with E-state index < -0.39 is 0 Å². The summed E-state index contributed by atoms with van der Waals surface area (Å²) in [6, 6.07) is 19.5. The molecule has 0 fully saturated rings.